The van der Waals surface area contributed by atoms with E-state index in [9.17, 15) is 13.2 Å². The molecule has 1 N–H and O–H groups in total. The Morgan fingerprint density at radius 1 is 0.957 bits per heavy atom. The number of carbonyl (C=O) groups is 1. The highest BCUT2D eigenvalue weighted by molar-refractivity contribution is 7.90. The van der Waals surface area contributed by atoms with Crippen molar-refractivity contribution in [2.24, 2.45) is 0 Å². The summed E-state index contributed by atoms with van der Waals surface area (Å²) in [5.74, 6) is 0.267. The fraction of sp³-hybridized carbons (Fsp3) is 0.235. The van der Waals surface area contributed by atoms with Crippen LogP contribution in [0.3, 0.4) is 0 Å². The van der Waals surface area contributed by atoms with Gasteiger partial charge in [-0.1, -0.05) is 51.1 Å². The molecule has 23 heavy (non-hydrogen) atoms. The van der Waals surface area contributed by atoms with Crippen LogP contribution < -0.4 is 9.46 Å². The number of hydrogen-bond donors (Lipinski definition) is 1. The predicted molar refractivity (Wildman–Crippen MR) is 87.9 cm³/mol. The molecule has 0 aliphatic heterocycles. The van der Waals surface area contributed by atoms with E-state index >= 15 is 0 Å². The lowest BCUT2D eigenvalue weighted by molar-refractivity contribution is 0.207. The molecule has 0 radical (unpaired) electrons. The first-order valence-corrected chi connectivity index (χ1v) is 8.57. The summed E-state index contributed by atoms with van der Waals surface area (Å²) in [6.45, 7) is 6.10. The van der Waals surface area contributed by atoms with Gasteiger partial charge in [0.05, 0.1) is 4.90 Å². The summed E-state index contributed by atoms with van der Waals surface area (Å²) in [5, 5.41) is 0. The van der Waals surface area contributed by atoms with Gasteiger partial charge in [0.25, 0.3) is 10.0 Å². The second-order valence-corrected chi connectivity index (χ2v) is 7.76. The zero-order valence-electron chi connectivity index (χ0n) is 13.2. The fourth-order valence-corrected chi connectivity index (χ4v) is 2.79. The van der Waals surface area contributed by atoms with Crippen LogP contribution in [0.25, 0.3) is 0 Å². The number of ether oxygens (including phenoxy) is 1. The van der Waals surface area contributed by atoms with E-state index in [2.05, 4.69) is 0 Å². The minimum atomic E-state index is -3.97. The molecule has 2 rings (SSSR count). The van der Waals surface area contributed by atoms with Crippen LogP contribution in [0.2, 0.25) is 0 Å². The normalized spacial score (nSPS) is 11.8. The van der Waals surface area contributed by atoms with Gasteiger partial charge in [0.1, 0.15) is 5.75 Å². The molecule has 122 valence electrons. The van der Waals surface area contributed by atoms with E-state index in [1.54, 1.807) is 42.5 Å². The van der Waals surface area contributed by atoms with Gasteiger partial charge in [-0.3, -0.25) is 0 Å². The molecule has 5 nitrogen and oxygen atoms in total. The van der Waals surface area contributed by atoms with Gasteiger partial charge in [-0.05, 0) is 35.2 Å². The van der Waals surface area contributed by atoms with Crippen molar-refractivity contribution in [3.63, 3.8) is 0 Å². The lowest BCUT2D eigenvalue weighted by atomic mass is 9.87. The molecule has 2 aromatic rings. The van der Waals surface area contributed by atoms with Crippen molar-refractivity contribution in [3.8, 4) is 5.75 Å². The van der Waals surface area contributed by atoms with E-state index in [-0.39, 0.29) is 16.1 Å². The highest BCUT2D eigenvalue weighted by Gasteiger charge is 2.20. The summed E-state index contributed by atoms with van der Waals surface area (Å²) >= 11 is 0. The molecule has 0 spiro atoms. The Kier molecular flexibility index (Phi) is 4.75. The number of sulfonamides is 1. The highest BCUT2D eigenvalue weighted by atomic mass is 32.2. The largest absolute Gasteiger partial charge is 0.426 e. The Morgan fingerprint density at radius 3 is 2.04 bits per heavy atom. The van der Waals surface area contributed by atoms with Crippen LogP contribution in [0.1, 0.15) is 26.3 Å². The van der Waals surface area contributed by atoms with Crippen molar-refractivity contribution in [2.45, 2.75) is 31.1 Å². The van der Waals surface area contributed by atoms with E-state index < -0.39 is 16.1 Å². The quantitative estimate of drug-likeness (QED) is 0.933. The van der Waals surface area contributed by atoms with Gasteiger partial charge in [-0.15, -0.1) is 0 Å². The maximum atomic E-state index is 12.2. The molecule has 0 saturated heterocycles. The summed E-state index contributed by atoms with van der Waals surface area (Å²) < 4.78 is 31.2. The standard InChI is InChI=1S/C17H19NO4S/c1-17(2,3)13-9-11-15(12-10-13)23(20,21)18-16(19)22-14-7-5-4-6-8-14/h4-12H,1-3H3,(H,18,19). The maximum Gasteiger partial charge on any atom is 0.426 e. The zero-order valence-corrected chi connectivity index (χ0v) is 14.1. The van der Waals surface area contributed by atoms with E-state index in [0.29, 0.717) is 0 Å². The van der Waals surface area contributed by atoms with Gasteiger partial charge in [-0.25, -0.2) is 17.9 Å². The summed E-state index contributed by atoms with van der Waals surface area (Å²) in [5.41, 5.74) is 0.922. The van der Waals surface area contributed by atoms with Crippen LogP contribution >= 0.6 is 0 Å². The van der Waals surface area contributed by atoms with Crippen LogP contribution in [0, 0.1) is 0 Å². The van der Waals surface area contributed by atoms with Gasteiger partial charge in [-0.2, -0.15) is 0 Å². The van der Waals surface area contributed by atoms with Crippen molar-refractivity contribution in [3.05, 3.63) is 60.2 Å². The number of rotatable bonds is 3. The minimum absolute atomic E-state index is 0.00973. The second kappa shape index (κ2) is 6.42. The number of para-hydroxylation sites is 1. The van der Waals surface area contributed by atoms with Gasteiger partial charge >= 0.3 is 6.09 Å². The molecule has 0 bridgehead atoms. The van der Waals surface area contributed by atoms with Gasteiger partial charge in [0.15, 0.2) is 0 Å². The average molecular weight is 333 g/mol. The zero-order chi connectivity index (χ0) is 17.1. The third kappa shape index (κ3) is 4.56. The van der Waals surface area contributed by atoms with E-state index in [0.717, 1.165) is 5.56 Å². The average Bonchev–Trinajstić information content (AvgIpc) is 2.47. The van der Waals surface area contributed by atoms with Gasteiger partial charge in [0.2, 0.25) is 0 Å². The lowest BCUT2D eigenvalue weighted by Crippen LogP contribution is -2.33. The van der Waals surface area contributed by atoms with Crippen molar-refractivity contribution >= 4 is 16.1 Å². The Morgan fingerprint density at radius 2 is 1.52 bits per heavy atom. The lowest BCUT2D eigenvalue weighted by Gasteiger charge is -2.19. The molecule has 0 atom stereocenters. The smallest absolute Gasteiger partial charge is 0.410 e. The van der Waals surface area contributed by atoms with Crippen LogP contribution in [-0.2, 0) is 15.4 Å². The third-order valence-corrected chi connectivity index (χ3v) is 4.53. The summed E-state index contributed by atoms with van der Waals surface area (Å²) in [6, 6.07) is 14.7. The number of hydrogen-bond acceptors (Lipinski definition) is 4. The third-order valence-electron chi connectivity index (χ3n) is 3.20. The number of amides is 1. The molecular weight excluding hydrogens is 314 g/mol. The van der Waals surface area contributed by atoms with Gasteiger partial charge < -0.3 is 4.74 Å². The fourth-order valence-electron chi connectivity index (χ4n) is 1.92. The number of nitrogens with one attached hydrogen (secondary N) is 1. The molecular formula is C17H19NO4S. The second-order valence-electron chi connectivity index (χ2n) is 6.08. The molecule has 1 amide bonds. The summed E-state index contributed by atoms with van der Waals surface area (Å²) in [6.07, 6.45) is -1.05. The van der Waals surface area contributed by atoms with Crippen LogP contribution in [-0.4, -0.2) is 14.5 Å². The monoisotopic (exact) mass is 333 g/mol. The van der Waals surface area contributed by atoms with Gasteiger partial charge in [0, 0.05) is 0 Å². The van der Waals surface area contributed by atoms with Crippen molar-refractivity contribution < 1.29 is 17.9 Å². The Hall–Kier alpha value is -2.34. The molecule has 0 aliphatic carbocycles. The van der Waals surface area contributed by atoms with Crippen LogP contribution in [0.15, 0.2) is 59.5 Å². The molecule has 0 heterocycles. The first kappa shape index (κ1) is 17.0. The van der Waals surface area contributed by atoms with E-state index in [1.807, 2.05) is 25.5 Å². The molecule has 0 unspecified atom stereocenters. The topological polar surface area (TPSA) is 72.5 Å². The molecule has 6 heteroatoms. The minimum Gasteiger partial charge on any atom is -0.410 e. The first-order valence-electron chi connectivity index (χ1n) is 7.09. The predicted octanol–water partition coefficient (Wildman–Crippen LogP) is 3.46. The molecule has 0 fully saturated rings. The highest BCUT2D eigenvalue weighted by Crippen LogP contribution is 2.23. The van der Waals surface area contributed by atoms with Crippen LogP contribution in [0.4, 0.5) is 4.79 Å². The Bertz CT molecular complexity index is 776. The molecule has 0 aromatic heterocycles. The van der Waals surface area contributed by atoms with Crippen molar-refractivity contribution in [1.29, 1.82) is 0 Å². The summed E-state index contributed by atoms with van der Waals surface area (Å²) in [4.78, 5) is 11.7. The summed E-state index contributed by atoms with van der Waals surface area (Å²) in [7, 11) is -3.97. The molecule has 2 aromatic carbocycles. The Balaban J connectivity index is 2.11. The van der Waals surface area contributed by atoms with Crippen molar-refractivity contribution in [2.75, 3.05) is 0 Å². The molecule has 0 saturated carbocycles. The SMILES string of the molecule is CC(C)(C)c1ccc(S(=O)(=O)NC(=O)Oc2ccccc2)cc1. The maximum absolute atomic E-state index is 12.2. The van der Waals surface area contributed by atoms with E-state index in [4.69, 9.17) is 4.74 Å². The Labute approximate surface area is 136 Å². The van der Waals surface area contributed by atoms with E-state index in [1.165, 1.54) is 12.1 Å². The van der Waals surface area contributed by atoms with Crippen molar-refractivity contribution in [1.82, 2.24) is 4.72 Å². The first-order chi connectivity index (χ1) is 10.7. The molecule has 0 aliphatic rings. The van der Waals surface area contributed by atoms with Crippen LogP contribution in [0.5, 0.6) is 5.75 Å². The number of carbonyl (C=O) groups excluding carboxylic acids is 1. The number of benzene rings is 2.